The predicted molar refractivity (Wildman–Crippen MR) is 87.1 cm³/mol. The zero-order valence-electron chi connectivity index (χ0n) is 13.5. The van der Waals surface area contributed by atoms with Crippen LogP contribution in [0.15, 0.2) is 35.4 Å². The lowest BCUT2D eigenvalue weighted by Crippen LogP contribution is -2.48. The second-order valence-electron chi connectivity index (χ2n) is 6.53. The first-order valence-electron chi connectivity index (χ1n) is 8.03. The van der Waals surface area contributed by atoms with E-state index in [0.29, 0.717) is 11.5 Å². The Morgan fingerprint density at radius 1 is 1.29 bits per heavy atom. The van der Waals surface area contributed by atoms with Crippen molar-refractivity contribution in [2.75, 3.05) is 19.3 Å². The first kappa shape index (κ1) is 15.7. The average molecular weight is 348 g/mol. The SMILES string of the molecule is CS(=O)(=O)c1ccc(CN2CC[C@H]3[C@H](C2)OCc2cnnn23)cc1. The van der Waals surface area contributed by atoms with E-state index in [-0.39, 0.29) is 12.1 Å². The van der Waals surface area contributed by atoms with Crippen LogP contribution in [0.1, 0.15) is 23.7 Å². The van der Waals surface area contributed by atoms with Gasteiger partial charge < -0.3 is 4.74 Å². The lowest BCUT2D eigenvalue weighted by Gasteiger charge is -2.41. The molecular weight excluding hydrogens is 328 g/mol. The number of aromatic nitrogens is 3. The third-order valence-corrected chi connectivity index (χ3v) is 5.90. The number of sulfone groups is 1. The first-order chi connectivity index (χ1) is 11.5. The molecule has 0 radical (unpaired) electrons. The number of ether oxygens (including phenoxy) is 1. The van der Waals surface area contributed by atoms with Crippen LogP contribution in [0.4, 0.5) is 0 Å². The highest BCUT2D eigenvalue weighted by Crippen LogP contribution is 2.31. The van der Waals surface area contributed by atoms with Crippen molar-refractivity contribution in [2.45, 2.75) is 36.6 Å². The molecule has 0 N–H and O–H groups in total. The van der Waals surface area contributed by atoms with Crippen molar-refractivity contribution >= 4 is 9.84 Å². The topological polar surface area (TPSA) is 77.3 Å². The van der Waals surface area contributed by atoms with Crippen molar-refractivity contribution in [1.29, 1.82) is 0 Å². The van der Waals surface area contributed by atoms with Crippen LogP contribution in [0.2, 0.25) is 0 Å². The summed E-state index contributed by atoms with van der Waals surface area (Å²) in [7, 11) is -3.14. The maximum atomic E-state index is 11.5. The van der Waals surface area contributed by atoms with Gasteiger partial charge in [-0.15, -0.1) is 5.10 Å². The van der Waals surface area contributed by atoms with Gasteiger partial charge in [0.2, 0.25) is 0 Å². The first-order valence-corrected chi connectivity index (χ1v) is 9.92. The van der Waals surface area contributed by atoms with Gasteiger partial charge in [0.05, 0.1) is 35.5 Å². The fraction of sp³-hybridized carbons (Fsp3) is 0.500. The van der Waals surface area contributed by atoms with Gasteiger partial charge in [0.25, 0.3) is 0 Å². The summed E-state index contributed by atoms with van der Waals surface area (Å²) < 4.78 is 31.0. The highest BCUT2D eigenvalue weighted by molar-refractivity contribution is 7.90. The van der Waals surface area contributed by atoms with Crippen LogP contribution >= 0.6 is 0 Å². The molecule has 128 valence electrons. The van der Waals surface area contributed by atoms with Gasteiger partial charge in [-0.2, -0.15) is 0 Å². The molecule has 0 spiro atoms. The molecule has 0 amide bonds. The van der Waals surface area contributed by atoms with E-state index >= 15 is 0 Å². The summed E-state index contributed by atoms with van der Waals surface area (Å²) in [5, 5.41) is 8.17. The van der Waals surface area contributed by atoms with Crippen molar-refractivity contribution in [3.05, 3.63) is 41.7 Å². The lowest BCUT2D eigenvalue weighted by atomic mass is 9.99. The van der Waals surface area contributed by atoms with Crippen LogP contribution in [0, 0.1) is 0 Å². The predicted octanol–water partition coefficient (Wildman–Crippen LogP) is 1.03. The van der Waals surface area contributed by atoms with E-state index in [1.807, 2.05) is 16.8 Å². The highest BCUT2D eigenvalue weighted by atomic mass is 32.2. The van der Waals surface area contributed by atoms with E-state index in [0.717, 1.165) is 37.3 Å². The van der Waals surface area contributed by atoms with Crippen LogP contribution < -0.4 is 0 Å². The Bertz CT molecular complexity index is 831. The van der Waals surface area contributed by atoms with Gasteiger partial charge in [-0.05, 0) is 24.1 Å². The number of likely N-dealkylation sites (tertiary alicyclic amines) is 1. The van der Waals surface area contributed by atoms with Gasteiger partial charge in [-0.1, -0.05) is 17.3 Å². The standard InChI is InChI=1S/C16H20N4O3S/c1-24(21,22)14-4-2-12(3-5-14)9-19-7-6-15-16(10-19)23-11-13-8-17-18-20(13)15/h2-5,8,15-16H,6-7,9-11H2,1H3/t15-,16-/m0/s1. The van der Waals surface area contributed by atoms with E-state index in [4.69, 9.17) is 4.74 Å². The monoisotopic (exact) mass is 348 g/mol. The minimum atomic E-state index is -3.14. The van der Waals surface area contributed by atoms with Crippen molar-refractivity contribution in [1.82, 2.24) is 19.9 Å². The molecule has 2 aromatic rings. The summed E-state index contributed by atoms with van der Waals surface area (Å²) in [6.07, 6.45) is 4.10. The molecule has 1 fully saturated rings. The molecule has 2 aliphatic heterocycles. The van der Waals surface area contributed by atoms with Crippen LogP contribution in [0.3, 0.4) is 0 Å². The fourth-order valence-electron chi connectivity index (χ4n) is 3.50. The Kier molecular flexibility index (Phi) is 3.90. The molecule has 4 rings (SSSR count). The zero-order chi connectivity index (χ0) is 16.7. The average Bonchev–Trinajstić information content (AvgIpc) is 3.03. The molecule has 3 heterocycles. The van der Waals surface area contributed by atoms with Gasteiger partial charge in [-0.25, -0.2) is 13.1 Å². The molecule has 2 atom stereocenters. The fourth-order valence-corrected chi connectivity index (χ4v) is 4.13. The van der Waals surface area contributed by atoms with Crippen LogP contribution in [-0.2, 0) is 27.7 Å². The molecule has 1 aromatic heterocycles. The normalized spacial score (nSPS) is 24.4. The number of fused-ring (bicyclic) bond motifs is 3. The molecule has 8 heteroatoms. The van der Waals surface area contributed by atoms with Gasteiger partial charge in [0.15, 0.2) is 9.84 Å². The summed E-state index contributed by atoms with van der Waals surface area (Å²) in [5.74, 6) is 0. The summed E-state index contributed by atoms with van der Waals surface area (Å²) in [6, 6.07) is 7.39. The summed E-state index contributed by atoms with van der Waals surface area (Å²) >= 11 is 0. The van der Waals surface area contributed by atoms with Gasteiger partial charge in [0, 0.05) is 25.9 Å². The van der Waals surface area contributed by atoms with E-state index in [1.54, 1.807) is 18.3 Å². The Balaban J connectivity index is 1.43. The minimum Gasteiger partial charge on any atom is -0.368 e. The second-order valence-corrected chi connectivity index (χ2v) is 8.54. The second kappa shape index (κ2) is 5.94. The number of piperidine rings is 1. The number of rotatable bonds is 3. The quantitative estimate of drug-likeness (QED) is 0.824. The van der Waals surface area contributed by atoms with Gasteiger partial charge in [0.1, 0.15) is 0 Å². The Hall–Kier alpha value is -1.77. The van der Waals surface area contributed by atoms with Crippen molar-refractivity contribution < 1.29 is 13.2 Å². The van der Waals surface area contributed by atoms with Gasteiger partial charge >= 0.3 is 0 Å². The Morgan fingerprint density at radius 3 is 2.83 bits per heavy atom. The molecule has 0 unspecified atom stereocenters. The summed E-state index contributed by atoms with van der Waals surface area (Å²) in [4.78, 5) is 2.71. The molecule has 24 heavy (non-hydrogen) atoms. The molecular formula is C16H20N4O3S. The number of nitrogens with zero attached hydrogens (tertiary/aromatic N) is 4. The van der Waals surface area contributed by atoms with Crippen molar-refractivity contribution in [3.63, 3.8) is 0 Å². The van der Waals surface area contributed by atoms with E-state index in [2.05, 4.69) is 15.2 Å². The van der Waals surface area contributed by atoms with E-state index in [1.165, 1.54) is 6.26 Å². The number of hydrogen-bond acceptors (Lipinski definition) is 6. The lowest BCUT2D eigenvalue weighted by molar-refractivity contribution is -0.0704. The third kappa shape index (κ3) is 2.97. The van der Waals surface area contributed by atoms with Crippen molar-refractivity contribution in [3.8, 4) is 0 Å². The molecule has 0 bridgehead atoms. The molecule has 0 aliphatic carbocycles. The molecule has 2 aliphatic rings. The minimum absolute atomic E-state index is 0.128. The van der Waals surface area contributed by atoms with Crippen molar-refractivity contribution in [2.24, 2.45) is 0 Å². The molecule has 0 saturated carbocycles. The zero-order valence-corrected chi connectivity index (χ0v) is 14.3. The Morgan fingerprint density at radius 2 is 2.08 bits per heavy atom. The van der Waals surface area contributed by atoms with Gasteiger partial charge in [-0.3, -0.25) is 4.90 Å². The van der Waals surface area contributed by atoms with Crippen LogP contribution in [-0.4, -0.2) is 53.8 Å². The Labute approximate surface area is 141 Å². The summed E-state index contributed by atoms with van der Waals surface area (Å²) in [6.45, 7) is 3.15. The van der Waals surface area contributed by atoms with E-state index < -0.39 is 9.84 Å². The van der Waals surface area contributed by atoms with Crippen LogP contribution in [0.25, 0.3) is 0 Å². The maximum Gasteiger partial charge on any atom is 0.175 e. The summed E-state index contributed by atoms with van der Waals surface area (Å²) in [5.41, 5.74) is 2.15. The van der Waals surface area contributed by atoms with Crippen LogP contribution in [0.5, 0.6) is 0 Å². The third-order valence-electron chi connectivity index (χ3n) is 4.77. The highest BCUT2D eigenvalue weighted by Gasteiger charge is 2.36. The number of hydrogen-bond donors (Lipinski definition) is 0. The molecule has 1 saturated heterocycles. The largest absolute Gasteiger partial charge is 0.368 e. The molecule has 7 nitrogen and oxygen atoms in total. The maximum absolute atomic E-state index is 11.5. The van der Waals surface area contributed by atoms with E-state index in [9.17, 15) is 8.42 Å². The number of benzene rings is 1. The smallest absolute Gasteiger partial charge is 0.175 e. The molecule has 1 aromatic carbocycles.